The number of carbonyl (C=O) groups excluding carboxylic acids is 1. The van der Waals surface area contributed by atoms with Crippen molar-refractivity contribution in [2.75, 3.05) is 13.6 Å². The van der Waals surface area contributed by atoms with E-state index in [1.54, 1.807) is 0 Å². The summed E-state index contributed by atoms with van der Waals surface area (Å²) < 4.78 is 13.0. The van der Waals surface area contributed by atoms with E-state index >= 15 is 0 Å². The molecule has 5 heteroatoms. The van der Waals surface area contributed by atoms with Crippen molar-refractivity contribution in [1.82, 2.24) is 15.2 Å². The molecular formula is C15H20FN3O. The number of amides is 1. The maximum atomic E-state index is 13.0. The van der Waals surface area contributed by atoms with Crippen LogP contribution in [0.5, 0.6) is 0 Å². The van der Waals surface area contributed by atoms with Crippen LogP contribution in [-0.4, -0.2) is 41.5 Å². The molecule has 108 valence electrons. The second-order valence-corrected chi connectivity index (χ2v) is 5.94. The number of halogens is 1. The van der Waals surface area contributed by atoms with E-state index in [1.807, 2.05) is 0 Å². The van der Waals surface area contributed by atoms with Crippen LogP contribution in [-0.2, 0) is 0 Å². The van der Waals surface area contributed by atoms with Crippen molar-refractivity contribution in [3.63, 3.8) is 0 Å². The van der Waals surface area contributed by atoms with E-state index in [1.165, 1.54) is 31.0 Å². The number of aromatic nitrogens is 1. The van der Waals surface area contributed by atoms with Gasteiger partial charge in [0.15, 0.2) is 0 Å². The van der Waals surface area contributed by atoms with Crippen molar-refractivity contribution in [2.45, 2.75) is 37.8 Å². The number of hydrogen-bond donors (Lipinski definition) is 1. The molecule has 4 nitrogen and oxygen atoms in total. The van der Waals surface area contributed by atoms with Gasteiger partial charge in [-0.1, -0.05) is 6.07 Å². The quantitative estimate of drug-likeness (QED) is 0.857. The number of rotatable bonds is 3. The Kier molecular flexibility index (Phi) is 3.70. The maximum absolute atomic E-state index is 13.0. The Morgan fingerprint density at radius 1 is 1.40 bits per heavy atom. The molecule has 0 saturated carbocycles. The summed E-state index contributed by atoms with van der Waals surface area (Å²) in [5.74, 6) is -0.369. The van der Waals surface area contributed by atoms with Crippen LogP contribution >= 0.6 is 0 Å². The van der Waals surface area contributed by atoms with Crippen molar-refractivity contribution < 1.29 is 9.18 Å². The molecule has 0 radical (unpaired) electrons. The zero-order chi connectivity index (χ0) is 14.1. The molecule has 1 aromatic rings. The predicted octanol–water partition coefficient (Wildman–Crippen LogP) is 1.82. The van der Waals surface area contributed by atoms with E-state index in [-0.39, 0.29) is 11.6 Å². The summed E-state index contributed by atoms with van der Waals surface area (Å²) in [5, 5.41) is 2.89. The second-order valence-electron chi connectivity index (χ2n) is 5.94. The average Bonchev–Trinajstić information content (AvgIpc) is 2.66. The van der Waals surface area contributed by atoms with Crippen LogP contribution < -0.4 is 5.32 Å². The number of nitrogens with one attached hydrogen (secondary N) is 1. The molecule has 3 heterocycles. The molecule has 3 rings (SSSR count). The van der Waals surface area contributed by atoms with E-state index in [2.05, 4.69) is 22.2 Å². The lowest BCUT2D eigenvalue weighted by atomic mass is 9.91. The molecule has 1 aromatic heterocycles. The predicted molar refractivity (Wildman–Crippen MR) is 73.8 cm³/mol. The number of fused-ring (bicyclic) bond motifs is 2. The average molecular weight is 277 g/mol. The lowest BCUT2D eigenvalue weighted by Gasteiger charge is -2.36. The van der Waals surface area contributed by atoms with Crippen LogP contribution in [0.3, 0.4) is 0 Å². The number of pyridine rings is 1. The maximum Gasteiger partial charge on any atom is 0.270 e. The van der Waals surface area contributed by atoms with Crippen LogP contribution in [0.1, 0.15) is 36.2 Å². The molecule has 1 amide bonds. The number of nitrogens with zero attached hydrogens (tertiary/aromatic N) is 2. The fraction of sp³-hybridized carbons (Fsp3) is 0.600. The standard InChI is InChI=1S/C15H20FN3O/c1-19-11-5-6-12(19)8-10(7-11)9-17-15(20)13-3-2-4-14(16)18-13/h2-4,10-12H,5-9H2,1H3,(H,17,20). The molecule has 0 spiro atoms. The minimum absolute atomic E-state index is 0.154. The van der Waals surface area contributed by atoms with Crippen LogP contribution in [0.4, 0.5) is 4.39 Å². The van der Waals surface area contributed by atoms with Crippen molar-refractivity contribution in [1.29, 1.82) is 0 Å². The third-order valence-electron chi connectivity index (χ3n) is 4.69. The highest BCUT2D eigenvalue weighted by Crippen LogP contribution is 2.36. The first-order valence-electron chi connectivity index (χ1n) is 7.26. The fourth-order valence-corrected chi connectivity index (χ4v) is 3.55. The van der Waals surface area contributed by atoms with Gasteiger partial charge in [0, 0.05) is 18.6 Å². The van der Waals surface area contributed by atoms with Crippen LogP contribution in [0, 0.1) is 11.9 Å². The third-order valence-corrected chi connectivity index (χ3v) is 4.69. The summed E-state index contributed by atoms with van der Waals surface area (Å²) in [4.78, 5) is 18.0. The van der Waals surface area contributed by atoms with Gasteiger partial charge >= 0.3 is 0 Å². The first-order chi connectivity index (χ1) is 9.63. The normalized spacial score (nSPS) is 29.4. The van der Waals surface area contributed by atoms with Crippen LogP contribution in [0.2, 0.25) is 0 Å². The van der Waals surface area contributed by atoms with Gasteiger partial charge in [0.05, 0.1) is 0 Å². The van der Waals surface area contributed by atoms with Crippen LogP contribution in [0.15, 0.2) is 18.2 Å². The summed E-state index contributed by atoms with van der Waals surface area (Å²) >= 11 is 0. The van der Waals surface area contributed by atoms with Crippen molar-refractivity contribution in [3.05, 3.63) is 29.8 Å². The molecule has 2 unspecified atom stereocenters. The molecule has 2 saturated heterocycles. The van der Waals surface area contributed by atoms with E-state index < -0.39 is 5.95 Å². The van der Waals surface area contributed by atoms with Crippen molar-refractivity contribution in [2.24, 2.45) is 5.92 Å². The zero-order valence-corrected chi connectivity index (χ0v) is 11.7. The Morgan fingerprint density at radius 3 is 2.75 bits per heavy atom. The number of carbonyl (C=O) groups is 1. The van der Waals surface area contributed by atoms with Gasteiger partial charge in [0.2, 0.25) is 5.95 Å². The highest BCUT2D eigenvalue weighted by Gasteiger charge is 2.38. The highest BCUT2D eigenvalue weighted by atomic mass is 19.1. The molecule has 20 heavy (non-hydrogen) atoms. The monoisotopic (exact) mass is 277 g/mol. The largest absolute Gasteiger partial charge is 0.350 e. The topological polar surface area (TPSA) is 45.2 Å². The summed E-state index contributed by atoms with van der Waals surface area (Å²) in [6.07, 6.45) is 4.84. The summed E-state index contributed by atoms with van der Waals surface area (Å²) in [6, 6.07) is 5.63. The van der Waals surface area contributed by atoms with Gasteiger partial charge in [0.1, 0.15) is 5.69 Å². The lowest BCUT2D eigenvalue weighted by molar-refractivity contribution is 0.0911. The molecule has 2 aliphatic rings. The smallest absolute Gasteiger partial charge is 0.270 e. The summed E-state index contributed by atoms with van der Waals surface area (Å²) in [6.45, 7) is 0.665. The highest BCUT2D eigenvalue weighted by molar-refractivity contribution is 5.92. The summed E-state index contributed by atoms with van der Waals surface area (Å²) in [5.41, 5.74) is 0.154. The van der Waals surface area contributed by atoms with Gasteiger partial charge in [-0.05, 0) is 50.8 Å². The van der Waals surface area contributed by atoms with Crippen molar-refractivity contribution in [3.8, 4) is 0 Å². The molecule has 2 bridgehead atoms. The third kappa shape index (κ3) is 2.68. The minimum atomic E-state index is -0.616. The molecule has 2 fully saturated rings. The Hall–Kier alpha value is -1.49. The first-order valence-corrected chi connectivity index (χ1v) is 7.26. The van der Waals surface area contributed by atoms with Crippen LogP contribution in [0.25, 0.3) is 0 Å². The Bertz CT molecular complexity index is 494. The molecular weight excluding hydrogens is 257 g/mol. The van der Waals surface area contributed by atoms with Crippen molar-refractivity contribution >= 4 is 5.91 Å². The van der Waals surface area contributed by atoms with E-state index in [0.717, 1.165) is 12.8 Å². The Labute approximate surface area is 118 Å². The van der Waals surface area contributed by atoms with E-state index in [9.17, 15) is 9.18 Å². The first kappa shape index (κ1) is 13.5. The molecule has 0 aromatic carbocycles. The Morgan fingerprint density at radius 2 is 2.10 bits per heavy atom. The van der Waals surface area contributed by atoms with Gasteiger partial charge in [-0.2, -0.15) is 4.39 Å². The minimum Gasteiger partial charge on any atom is -0.350 e. The molecule has 2 aliphatic heterocycles. The summed E-state index contributed by atoms with van der Waals surface area (Å²) in [7, 11) is 2.20. The number of hydrogen-bond acceptors (Lipinski definition) is 3. The second kappa shape index (κ2) is 5.48. The SMILES string of the molecule is CN1C2CCC1CC(CNC(=O)c1cccc(F)n1)C2. The fourth-order valence-electron chi connectivity index (χ4n) is 3.55. The lowest BCUT2D eigenvalue weighted by Crippen LogP contribution is -2.43. The Balaban J connectivity index is 1.54. The molecule has 1 N–H and O–H groups in total. The van der Waals surface area contributed by atoms with E-state index in [0.29, 0.717) is 24.5 Å². The van der Waals surface area contributed by atoms with Gasteiger partial charge in [-0.25, -0.2) is 4.98 Å². The van der Waals surface area contributed by atoms with Gasteiger partial charge < -0.3 is 10.2 Å². The van der Waals surface area contributed by atoms with Gasteiger partial charge in [-0.3, -0.25) is 4.79 Å². The van der Waals surface area contributed by atoms with E-state index in [4.69, 9.17) is 0 Å². The zero-order valence-electron chi connectivity index (χ0n) is 11.7. The number of piperidine rings is 1. The van der Waals surface area contributed by atoms with Gasteiger partial charge in [0.25, 0.3) is 5.91 Å². The molecule has 0 aliphatic carbocycles. The molecule has 2 atom stereocenters. The van der Waals surface area contributed by atoms with Gasteiger partial charge in [-0.15, -0.1) is 0 Å².